The van der Waals surface area contributed by atoms with Gasteiger partial charge in [-0.25, -0.2) is 15.0 Å². The van der Waals surface area contributed by atoms with Crippen LogP contribution >= 0.6 is 0 Å². The predicted octanol–water partition coefficient (Wildman–Crippen LogP) is 3.85. The molecule has 0 saturated carbocycles. The Morgan fingerprint density at radius 3 is 2.30 bits per heavy atom. The van der Waals surface area contributed by atoms with Gasteiger partial charge in [-0.3, -0.25) is 0 Å². The Bertz CT molecular complexity index is 943. The smallest absolute Gasteiger partial charge is 0.164 e. The van der Waals surface area contributed by atoms with Crippen molar-refractivity contribution in [1.82, 2.24) is 19.5 Å². The van der Waals surface area contributed by atoms with Gasteiger partial charge in [-0.1, -0.05) is 60.7 Å². The Labute approximate surface area is 134 Å². The first-order valence-electron chi connectivity index (χ1n) is 7.60. The van der Waals surface area contributed by atoms with Gasteiger partial charge in [-0.15, -0.1) is 0 Å². The van der Waals surface area contributed by atoms with Crippen molar-refractivity contribution in [3.63, 3.8) is 0 Å². The fraction of sp³-hybridized carbons (Fsp3) is 0.105. The summed E-state index contributed by atoms with van der Waals surface area (Å²) in [6, 6.07) is 20.4. The van der Waals surface area contributed by atoms with Crippen LogP contribution in [0.4, 0.5) is 0 Å². The summed E-state index contributed by atoms with van der Waals surface area (Å²) in [5.74, 6) is 0.741. The lowest BCUT2D eigenvalue weighted by molar-refractivity contribution is 0.813. The van der Waals surface area contributed by atoms with Crippen LogP contribution in [0.1, 0.15) is 11.3 Å². The van der Waals surface area contributed by atoms with Gasteiger partial charge in [-0.2, -0.15) is 0 Å². The molecule has 2 heterocycles. The van der Waals surface area contributed by atoms with Crippen LogP contribution < -0.4 is 0 Å². The van der Waals surface area contributed by atoms with Gasteiger partial charge >= 0.3 is 0 Å². The molecular formula is C19H16N4. The van der Waals surface area contributed by atoms with Gasteiger partial charge in [-0.05, 0) is 12.5 Å². The van der Waals surface area contributed by atoms with Gasteiger partial charge in [0.15, 0.2) is 11.5 Å². The summed E-state index contributed by atoms with van der Waals surface area (Å²) in [6.45, 7) is 2.73. The maximum atomic E-state index is 4.75. The van der Waals surface area contributed by atoms with E-state index < -0.39 is 0 Å². The third-order valence-corrected chi connectivity index (χ3v) is 3.87. The van der Waals surface area contributed by atoms with Gasteiger partial charge in [0.1, 0.15) is 5.52 Å². The minimum Gasteiger partial charge on any atom is -0.311 e. The van der Waals surface area contributed by atoms with Crippen LogP contribution in [0.5, 0.6) is 0 Å². The highest BCUT2D eigenvalue weighted by atomic mass is 15.1. The van der Waals surface area contributed by atoms with Crippen molar-refractivity contribution in [1.29, 1.82) is 0 Å². The average molecular weight is 300 g/mol. The highest BCUT2D eigenvalue weighted by Crippen LogP contribution is 2.21. The molecule has 0 aliphatic carbocycles. The summed E-state index contributed by atoms with van der Waals surface area (Å²) >= 11 is 0. The van der Waals surface area contributed by atoms with Crippen LogP contribution in [0.3, 0.4) is 0 Å². The molecule has 0 aliphatic heterocycles. The van der Waals surface area contributed by atoms with Crippen LogP contribution in [0.15, 0.2) is 67.0 Å². The van der Waals surface area contributed by atoms with Gasteiger partial charge < -0.3 is 4.57 Å². The summed E-state index contributed by atoms with van der Waals surface area (Å²) in [7, 11) is 0. The van der Waals surface area contributed by atoms with Crippen molar-refractivity contribution in [3.8, 4) is 11.4 Å². The summed E-state index contributed by atoms with van der Waals surface area (Å²) < 4.78 is 2.08. The van der Waals surface area contributed by atoms with E-state index in [0.717, 1.165) is 34.8 Å². The predicted molar refractivity (Wildman–Crippen MR) is 91.0 cm³/mol. The third-order valence-electron chi connectivity index (χ3n) is 3.87. The first-order chi connectivity index (χ1) is 11.3. The molecule has 4 nitrogen and oxygen atoms in total. The maximum absolute atomic E-state index is 4.75. The van der Waals surface area contributed by atoms with Gasteiger partial charge in [0.2, 0.25) is 0 Å². The summed E-state index contributed by atoms with van der Waals surface area (Å²) in [5, 5.41) is 0. The van der Waals surface area contributed by atoms with E-state index >= 15 is 0 Å². The van der Waals surface area contributed by atoms with Crippen molar-refractivity contribution in [3.05, 3.63) is 78.2 Å². The van der Waals surface area contributed by atoms with E-state index in [2.05, 4.69) is 26.7 Å². The first kappa shape index (κ1) is 13.6. The molecule has 0 fully saturated rings. The molecule has 0 bridgehead atoms. The highest BCUT2D eigenvalue weighted by molar-refractivity contribution is 5.76. The number of benzene rings is 2. The van der Waals surface area contributed by atoms with Gasteiger partial charge in [0.05, 0.1) is 18.6 Å². The maximum Gasteiger partial charge on any atom is 0.164 e. The Kier molecular flexibility index (Phi) is 3.35. The topological polar surface area (TPSA) is 43.6 Å². The molecule has 4 heteroatoms. The van der Waals surface area contributed by atoms with E-state index in [1.807, 2.05) is 61.8 Å². The second-order valence-electron chi connectivity index (χ2n) is 5.53. The fourth-order valence-electron chi connectivity index (χ4n) is 2.70. The fourth-order valence-corrected chi connectivity index (χ4v) is 2.70. The normalized spacial score (nSPS) is 11.0. The monoisotopic (exact) mass is 300 g/mol. The molecular weight excluding hydrogens is 284 g/mol. The molecule has 2 aromatic heterocycles. The number of hydrogen-bond donors (Lipinski definition) is 0. The third kappa shape index (κ3) is 2.59. The molecule has 112 valence electrons. The average Bonchev–Trinajstić information content (AvgIpc) is 3.00. The summed E-state index contributed by atoms with van der Waals surface area (Å²) in [5.41, 5.74) is 4.88. The summed E-state index contributed by atoms with van der Waals surface area (Å²) in [6.07, 6.45) is 1.84. The van der Waals surface area contributed by atoms with Crippen molar-refractivity contribution in [2.45, 2.75) is 13.5 Å². The van der Waals surface area contributed by atoms with Crippen LogP contribution in [0.25, 0.3) is 22.6 Å². The largest absolute Gasteiger partial charge is 0.311 e. The zero-order valence-electron chi connectivity index (χ0n) is 12.8. The highest BCUT2D eigenvalue weighted by Gasteiger charge is 2.11. The standard InChI is InChI=1S/C19H16N4/c1-14-17-19(22-18(21-14)16-10-6-3-7-11-16)23(13-20-17)12-15-8-4-2-5-9-15/h2-11,13H,12H2,1H3. The van der Waals surface area contributed by atoms with Crippen molar-refractivity contribution in [2.75, 3.05) is 0 Å². The molecule has 2 aromatic carbocycles. The van der Waals surface area contributed by atoms with E-state index in [-0.39, 0.29) is 0 Å². The minimum absolute atomic E-state index is 0.741. The quantitative estimate of drug-likeness (QED) is 0.577. The lowest BCUT2D eigenvalue weighted by Gasteiger charge is -2.06. The molecule has 0 N–H and O–H groups in total. The molecule has 23 heavy (non-hydrogen) atoms. The van der Waals surface area contributed by atoms with Crippen LogP contribution in [0, 0.1) is 6.92 Å². The van der Waals surface area contributed by atoms with Gasteiger partial charge in [0.25, 0.3) is 0 Å². The zero-order chi connectivity index (χ0) is 15.6. The van der Waals surface area contributed by atoms with Gasteiger partial charge in [0, 0.05) is 5.56 Å². The number of aryl methyl sites for hydroxylation is 1. The lowest BCUT2D eigenvalue weighted by Crippen LogP contribution is -2.01. The number of fused-ring (bicyclic) bond motifs is 1. The second-order valence-corrected chi connectivity index (χ2v) is 5.53. The molecule has 0 atom stereocenters. The van der Waals surface area contributed by atoms with E-state index in [4.69, 9.17) is 4.98 Å². The van der Waals surface area contributed by atoms with Crippen molar-refractivity contribution in [2.24, 2.45) is 0 Å². The second kappa shape index (κ2) is 5.65. The molecule has 0 unspecified atom stereocenters. The Hall–Kier alpha value is -3.01. The number of imidazole rings is 1. The summed E-state index contributed by atoms with van der Waals surface area (Å²) in [4.78, 5) is 13.8. The Morgan fingerprint density at radius 1 is 0.870 bits per heavy atom. The molecule has 4 aromatic rings. The lowest BCUT2D eigenvalue weighted by atomic mass is 10.2. The molecule has 0 amide bonds. The first-order valence-corrected chi connectivity index (χ1v) is 7.60. The van der Waals surface area contributed by atoms with E-state index in [1.165, 1.54) is 5.56 Å². The minimum atomic E-state index is 0.741. The van der Waals surface area contributed by atoms with Crippen molar-refractivity contribution >= 4 is 11.2 Å². The molecule has 0 saturated heterocycles. The van der Waals surface area contributed by atoms with Crippen LogP contribution in [-0.4, -0.2) is 19.5 Å². The van der Waals surface area contributed by atoms with Crippen LogP contribution in [-0.2, 0) is 6.54 Å². The molecule has 0 radical (unpaired) electrons. The zero-order valence-corrected chi connectivity index (χ0v) is 12.8. The van der Waals surface area contributed by atoms with E-state index in [0.29, 0.717) is 0 Å². The number of hydrogen-bond acceptors (Lipinski definition) is 3. The molecule has 0 aliphatic rings. The van der Waals surface area contributed by atoms with Crippen molar-refractivity contribution < 1.29 is 0 Å². The SMILES string of the molecule is Cc1nc(-c2ccccc2)nc2c1ncn2Cc1ccccc1. The number of rotatable bonds is 3. The number of nitrogens with zero attached hydrogens (tertiary/aromatic N) is 4. The van der Waals surface area contributed by atoms with E-state index in [1.54, 1.807) is 0 Å². The van der Waals surface area contributed by atoms with Crippen LogP contribution in [0.2, 0.25) is 0 Å². The Balaban J connectivity index is 1.82. The molecule has 0 spiro atoms. The molecule has 4 rings (SSSR count). The Morgan fingerprint density at radius 2 is 1.57 bits per heavy atom. The van der Waals surface area contributed by atoms with E-state index in [9.17, 15) is 0 Å². The number of aromatic nitrogens is 4.